The second-order valence-corrected chi connectivity index (χ2v) is 5.63. The lowest BCUT2D eigenvalue weighted by Crippen LogP contribution is -2.17. The highest BCUT2D eigenvalue weighted by Gasteiger charge is 2.34. The van der Waals surface area contributed by atoms with E-state index in [0.29, 0.717) is 0 Å². The zero-order valence-electron chi connectivity index (χ0n) is 13.6. The number of hydrogen-bond acceptors (Lipinski definition) is 3. The Morgan fingerprint density at radius 1 is 0.964 bits per heavy atom. The fourth-order valence-corrected chi connectivity index (χ4v) is 2.67. The predicted molar refractivity (Wildman–Crippen MR) is 85.8 cm³/mol. The summed E-state index contributed by atoms with van der Waals surface area (Å²) < 4.78 is 80.6. The normalized spacial score (nSPS) is 12.2. The molecular formula is C18H9F6NO3. The number of nitrogens with zero attached hydrogens (tertiary/aromatic N) is 1. The Morgan fingerprint density at radius 3 is 2.25 bits per heavy atom. The van der Waals surface area contributed by atoms with Gasteiger partial charge < -0.3 is 9.84 Å². The molecule has 0 atom stereocenters. The number of rotatable bonds is 3. The summed E-state index contributed by atoms with van der Waals surface area (Å²) in [7, 11) is 0. The number of alkyl halides is 6. The van der Waals surface area contributed by atoms with Crippen molar-refractivity contribution in [3.8, 4) is 17.0 Å². The molecule has 0 amide bonds. The Kier molecular flexibility index (Phi) is 4.66. The van der Waals surface area contributed by atoms with Crippen molar-refractivity contribution in [3.05, 3.63) is 59.7 Å². The fourth-order valence-electron chi connectivity index (χ4n) is 2.67. The molecule has 0 spiro atoms. The summed E-state index contributed by atoms with van der Waals surface area (Å²) in [5.41, 5.74) is -2.25. The van der Waals surface area contributed by atoms with E-state index in [-0.39, 0.29) is 22.2 Å². The molecule has 0 aliphatic carbocycles. The number of hydrogen-bond donors (Lipinski definition) is 1. The van der Waals surface area contributed by atoms with Crippen molar-refractivity contribution in [1.82, 2.24) is 4.98 Å². The minimum absolute atomic E-state index is 0.0959. The third-order valence-electron chi connectivity index (χ3n) is 3.75. The second kappa shape index (κ2) is 6.70. The van der Waals surface area contributed by atoms with Crippen LogP contribution in [0.2, 0.25) is 0 Å². The van der Waals surface area contributed by atoms with Gasteiger partial charge in [-0.25, -0.2) is 9.78 Å². The van der Waals surface area contributed by atoms with E-state index in [1.165, 1.54) is 12.1 Å². The number of carboxylic acids is 1. The third-order valence-corrected chi connectivity index (χ3v) is 3.75. The Bertz CT molecular complexity index is 1060. The number of halogens is 6. The maximum atomic E-state index is 13.3. The van der Waals surface area contributed by atoms with E-state index in [0.717, 1.165) is 36.4 Å². The van der Waals surface area contributed by atoms with Crippen molar-refractivity contribution >= 4 is 16.9 Å². The molecule has 146 valence electrons. The average Bonchev–Trinajstić information content (AvgIpc) is 2.58. The van der Waals surface area contributed by atoms with Crippen molar-refractivity contribution in [1.29, 1.82) is 0 Å². The van der Waals surface area contributed by atoms with Gasteiger partial charge in [-0.05, 0) is 30.3 Å². The number of fused-ring (bicyclic) bond motifs is 1. The van der Waals surface area contributed by atoms with Gasteiger partial charge in [-0.3, -0.25) is 0 Å². The highest BCUT2D eigenvalue weighted by atomic mass is 19.4. The topological polar surface area (TPSA) is 59.4 Å². The van der Waals surface area contributed by atoms with Crippen LogP contribution in [0.25, 0.3) is 22.2 Å². The molecule has 0 aliphatic rings. The maximum Gasteiger partial charge on any atom is 0.573 e. The van der Waals surface area contributed by atoms with Crippen LogP contribution in [0.1, 0.15) is 15.9 Å². The first-order valence-corrected chi connectivity index (χ1v) is 7.56. The summed E-state index contributed by atoms with van der Waals surface area (Å²) in [5.74, 6) is -2.21. The van der Waals surface area contributed by atoms with Crippen LogP contribution < -0.4 is 4.74 Å². The standard InChI is InChI=1S/C18H9F6NO3/c19-17(20,21)13-4-2-1-3-10(13)15-8-12(16(26)27)11-7-9(28-18(22,23)24)5-6-14(11)25-15/h1-8H,(H,26,27). The van der Waals surface area contributed by atoms with Crippen molar-refractivity contribution in [3.63, 3.8) is 0 Å². The molecular weight excluding hydrogens is 392 g/mol. The monoisotopic (exact) mass is 401 g/mol. The summed E-state index contributed by atoms with van der Waals surface area (Å²) in [6.45, 7) is 0. The van der Waals surface area contributed by atoms with E-state index < -0.39 is 35.4 Å². The highest BCUT2D eigenvalue weighted by Crippen LogP contribution is 2.38. The molecule has 1 N–H and O–H groups in total. The molecule has 3 aromatic rings. The molecule has 2 aromatic carbocycles. The van der Waals surface area contributed by atoms with Crippen LogP contribution >= 0.6 is 0 Å². The van der Waals surface area contributed by atoms with Crippen LogP contribution in [0.5, 0.6) is 5.75 Å². The predicted octanol–water partition coefficient (Wildman–Crippen LogP) is 5.52. The Morgan fingerprint density at radius 2 is 1.64 bits per heavy atom. The van der Waals surface area contributed by atoms with E-state index in [2.05, 4.69) is 9.72 Å². The van der Waals surface area contributed by atoms with Gasteiger partial charge in [0.25, 0.3) is 0 Å². The zero-order valence-corrected chi connectivity index (χ0v) is 13.6. The summed E-state index contributed by atoms with van der Waals surface area (Å²) in [6, 6.07) is 8.09. The van der Waals surface area contributed by atoms with Crippen LogP contribution in [0.15, 0.2) is 48.5 Å². The Labute approximate surface area is 153 Å². The van der Waals surface area contributed by atoms with Crippen molar-refractivity contribution < 1.29 is 41.0 Å². The van der Waals surface area contributed by atoms with Gasteiger partial charge in [0.15, 0.2) is 0 Å². The van der Waals surface area contributed by atoms with Crippen LogP contribution in [-0.2, 0) is 6.18 Å². The summed E-state index contributed by atoms with van der Waals surface area (Å²) in [6.07, 6.45) is -9.70. The van der Waals surface area contributed by atoms with Gasteiger partial charge in [-0.2, -0.15) is 13.2 Å². The third kappa shape index (κ3) is 4.00. The average molecular weight is 401 g/mol. The number of carbonyl (C=O) groups is 1. The zero-order chi connectivity index (χ0) is 20.7. The molecule has 28 heavy (non-hydrogen) atoms. The fraction of sp³-hybridized carbons (Fsp3) is 0.111. The molecule has 0 saturated carbocycles. The SMILES string of the molecule is O=C(O)c1cc(-c2ccccc2C(F)(F)F)nc2ccc(OC(F)(F)F)cc12. The Hall–Kier alpha value is -3.30. The lowest BCUT2D eigenvalue weighted by molar-refractivity contribution is -0.274. The van der Waals surface area contributed by atoms with Crippen molar-refractivity contribution in [2.24, 2.45) is 0 Å². The molecule has 3 rings (SSSR count). The lowest BCUT2D eigenvalue weighted by atomic mass is 10.00. The van der Waals surface area contributed by atoms with E-state index in [1.807, 2.05) is 0 Å². The maximum absolute atomic E-state index is 13.3. The summed E-state index contributed by atoms with van der Waals surface area (Å²) in [4.78, 5) is 15.6. The first-order valence-electron chi connectivity index (χ1n) is 7.56. The van der Waals surface area contributed by atoms with Crippen LogP contribution in [0.4, 0.5) is 26.3 Å². The summed E-state index contributed by atoms with van der Waals surface area (Å²) in [5, 5.41) is 9.19. The highest BCUT2D eigenvalue weighted by molar-refractivity contribution is 6.04. The van der Waals surface area contributed by atoms with E-state index in [1.54, 1.807) is 0 Å². The number of ether oxygens (including phenoxy) is 1. The number of benzene rings is 2. The minimum Gasteiger partial charge on any atom is -0.478 e. The molecule has 0 unspecified atom stereocenters. The largest absolute Gasteiger partial charge is 0.573 e. The smallest absolute Gasteiger partial charge is 0.478 e. The van der Waals surface area contributed by atoms with Crippen molar-refractivity contribution in [2.45, 2.75) is 12.5 Å². The van der Waals surface area contributed by atoms with E-state index >= 15 is 0 Å². The Balaban J connectivity index is 2.23. The van der Waals surface area contributed by atoms with Crippen molar-refractivity contribution in [2.75, 3.05) is 0 Å². The van der Waals surface area contributed by atoms with Gasteiger partial charge in [-0.1, -0.05) is 18.2 Å². The van der Waals surface area contributed by atoms with Gasteiger partial charge in [0.1, 0.15) is 5.75 Å². The first-order chi connectivity index (χ1) is 13.0. The van der Waals surface area contributed by atoms with Gasteiger partial charge in [0, 0.05) is 10.9 Å². The number of pyridine rings is 1. The van der Waals surface area contributed by atoms with E-state index in [9.17, 15) is 36.2 Å². The van der Waals surface area contributed by atoms with Crippen LogP contribution in [0, 0.1) is 0 Å². The molecule has 0 bridgehead atoms. The lowest BCUT2D eigenvalue weighted by Gasteiger charge is -2.14. The second-order valence-electron chi connectivity index (χ2n) is 5.63. The molecule has 0 aliphatic heterocycles. The number of carboxylic acid groups (broad SMARTS) is 1. The number of aromatic nitrogens is 1. The van der Waals surface area contributed by atoms with Gasteiger partial charge in [-0.15, -0.1) is 13.2 Å². The summed E-state index contributed by atoms with van der Waals surface area (Å²) >= 11 is 0. The number of aromatic carboxylic acids is 1. The minimum atomic E-state index is -4.99. The molecule has 1 heterocycles. The molecule has 4 nitrogen and oxygen atoms in total. The van der Waals surface area contributed by atoms with Gasteiger partial charge >= 0.3 is 18.5 Å². The van der Waals surface area contributed by atoms with Crippen LogP contribution in [-0.4, -0.2) is 22.4 Å². The van der Waals surface area contributed by atoms with E-state index in [4.69, 9.17) is 0 Å². The van der Waals surface area contributed by atoms with Crippen LogP contribution in [0.3, 0.4) is 0 Å². The molecule has 10 heteroatoms. The van der Waals surface area contributed by atoms with Gasteiger partial charge in [0.2, 0.25) is 0 Å². The molecule has 0 fully saturated rings. The molecule has 0 radical (unpaired) electrons. The molecule has 0 saturated heterocycles. The van der Waals surface area contributed by atoms with Gasteiger partial charge in [0.05, 0.1) is 22.3 Å². The first kappa shape index (κ1) is 19.5. The molecule has 1 aromatic heterocycles. The quantitative estimate of drug-likeness (QED) is 0.588.